The number of rotatable bonds is 2. The van der Waals surface area contributed by atoms with E-state index in [9.17, 15) is 9.90 Å². The molecule has 1 amide bonds. The molecule has 0 aliphatic heterocycles. The number of hydrogen-bond donors (Lipinski definition) is 3. The molecule has 0 saturated carbocycles. The van der Waals surface area contributed by atoms with Gasteiger partial charge in [0.15, 0.2) is 5.11 Å². The minimum Gasteiger partial charge on any atom is -0.508 e. The smallest absolute Gasteiger partial charge is 0.225 e. The summed E-state index contributed by atoms with van der Waals surface area (Å²) in [6, 6.07) is 6.50. The van der Waals surface area contributed by atoms with E-state index < -0.39 is 0 Å². The Kier molecular flexibility index (Phi) is 4.05. The zero-order valence-electron chi connectivity index (χ0n) is 8.28. The second kappa shape index (κ2) is 5.31. The number of aromatic hydroxyl groups is 1. The van der Waals surface area contributed by atoms with Crippen molar-refractivity contribution in [2.75, 3.05) is 5.32 Å². The molecule has 15 heavy (non-hydrogen) atoms. The highest BCUT2D eigenvalue weighted by atomic mass is 32.1. The molecule has 80 valence electrons. The number of anilines is 1. The zero-order chi connectivity index (χ0) is 11.3. The van der Waals surface area contributed by atoms with Crippen LogP contribution in [-0.2, 0) is 4.79 Å². The summed E-state index contributed by atoms with van der Waals surface area (Å²) in [4.78, 5) is 11.0. The van der Waals surface area contributed by atoms with E-state index in [-0.39, 0.29) is 16.8 Å². The maximum absolute atomic E-state index is 11.0. The molecule has 0 spiro atoms. The van der Waals surface area contributed by atoms with Gasteiger partial charge in [-0.05, 0) is 24.4 Å². The molecule has 0 unspecified atom stereocenters. The van der Waals surface area contributed by atoms with Crippen LogP contribution < -0.4 is 10.6 Å². The highest BCUT2D eigenvalue weighted by Gasteiger charge is 2.01. The first kappa shape index (κ1) is 11.5. The van der Waals surface area contributed by atoms with Gasteiger partial charge >= 0.3 is 0 Å². The first-order chi connectivity index (χ1) is 7.11. The quantitative estimate of drug-likeness (QED) is 0.668. The first-order valence-corrected chi connectivity index (χ1v) is 4.92. The molecule has 0 heterocycles. The molecule has 0 atom stereocenters. The van der Waals surface area contributed by atoms with Gasteiger partial charge in [-0.3, -0.25) is 4.79 Å². The Balaban J connectivity index is 2.55. The van der Waals surface area contributed by atoms with E-state index >= 15 is 0 Å². The normalized spacial score (nSPS) is 9.40. The van der Waals surface area contributed by atoms with Crippen LogP contribution in [0.5, 0.6) is 5.75 Å². The summed E-state index contributed by atoms with van der Waals surface area (Å²) in [5.41, 5.74) is 0.636. The van der Waals surface area contributed by atoms with E-state index in [4.69, 9.17) is 12.2 Å². The summed E-state index contributed by atoms with van der Waals surface area (Å²) in [5.74, 6) is -0.00253. The van der Waals surface area contributed by atoms with Crippen molar-refractivity contribution in [3.05, 3.63) is 24.3 Å². The van der Waals surface area contributed by atoms with E-state index in [2.05, 4.69) is 10.6 Å². The molecule has 1 rings (SSSR count). The number of thiocarbonyl (C=S) groups is 1. The number of hydrogen-bond acceptors (Lipinski definition) is 3. The lowest BCUT2D eigenvalue weighted by molar-refractivity contribution is -0.119. The molecular formula is C10H12N2O2S. The number of carbonyl (C=O) groups excluding carboxylic acids is 1. The maximum Gasteiger partial charge on any atom is 0.225 e. The summed E-state index contributed by atoms with van der Waals surface area (Å²) < 4.78 is 0. The molecule has 5 heteroatoms. The second-order valence-electron chi connectivity index (χ2n) is 2.91. The van der Waals surface area contributed by atoms with E-state index in [1.165, 1.54) is 6.07 Å². The van der Waals surface area contributed by atoms with Crippen LogP contribution in [0.15, 0.2) is 24.3 Å². The topological polar surface area (TPSA) is 61.4 Å². The minimum absolute atomic E-state index is 0.143. The van der Waals surface area contributed by atoms with Crippen LogP contribution >= 0.6 is 12.2 Å². The van der Waals surface area contributed by atoms with E-state index in [0.717, 1.165) is 0 Å². The van der Waals surface area contributed by atoms with Gasteiger partial charge in [0, 0.05) is 18.2 Å². The summed E-state index contributed by atoms with van der Waals surface area (Å²) in [6.07, 6.45) is 0.377. The number of carbonyl (C=O) groups is 1. The molecule has 4 nitrogen and oxygen atoms in total. The van der Waals surface area contributed by atoms with Crippen molar-refractivity contribution in [2.24, 2.45) is 0 Å². The van der Waals surface area contributed by atoms with Crippen molar-refractivity contribution in [3.8, 4) is 5.75 Å². The highest BCUT2D eigenvalue weighted by molar-refractivity contribution is 7.80. The molecule has 1 aromatic rings. The minimum atomic E-state index is -0.146. The monoisotopic (exact) mass is 224 g/mol. The molecule has 3 N–H and O–H groups in total. The maximum atomic E-state index is 11.0. The average molecular weight is 224 g/mol. The first-order valence-electron chi connectivity index (χ1n) is 4.51. The Morgan fingerprint density at radius 1 is 1.53 bits per heavy atom. The lowest BCUT2D eigenvalue weighted by atomic mass is 10.3. The van der Waals surface area contributed by atoms with Gasteiger partial charge in [0.1, 0.15) is 5.75 Å². The highest BCUT2D eigenvalue weighted by Crippen LogP contribution is 2.14. The van der Waals surface area contributed by atoms with Gasteiger partial charge in [-0.2, -0.15) is 0 Å². The Morgan fingerprint density at radius 3 is 2.87 bits per heavy atom. The second-order valence-corrected chi connectivity index (χ2v) is 3.31. The van der Waals surface area contributed by atoms with Crippen molar-refractivity contribution in [1.82, 2.24) is 5.32 Å². The largest absolute Gasteiger partial charge is 0.508 e. The van der Waals surface area contributed by atoms with Crippen molar-refractivity contribution in [1.29, 1.82) is 0 Å². The fraction of sp³-hybridized carbons (Fsp3) is 0.200. The molecule has 0 saturated heterocycles. The SMILES string of the molecule is CCC(=O)NC(=S)Nc1cccc(O)c1. The lowest BCUT2D eigenvalue weighted by Gasteiger charge is -2.08. The van der Waals surface area contributed by atoms with Gasteiger partial charge in [-0.25, -0.2) is 0 Å². The number of phenols is 1. The summed E-state index contributed by atoms with van der Waals surface area (Å²) >= 11 is 4.90. The van der Waals surface area contributed by atoms with Crippen LogP contribution in [0, 0.1) is 0 Å². The van der Waals surface area contributed by atoms with Crippen LogP contribution in [0.2, 0.25) is 0 Å². The van der Waals surface area contributed by atoms with Gasteiger partial charge in [0.2, 0.25) is 5.91 Å². The predicted molar refractivity (Wildman–Crippen MR) is 62.8 cm³/mol. The summed E-state index contributed by atoms with van der Waals surface area (Å²) in [6.45, 7) is 1.74. The van der Waals surface area contributed by atoms with Gasteiger partial charge in [-0.1, -0.05) is 13.0 Å². The number of nitrogens with one attached hydrogen (secondary N) is 2. The Hall–Kier alpha value is -1.62. The summed E-state index contributed by atoms with van der Waals surface area (Å²) in [7, 11) is 0. The predicted octanol–water partition coefficient (Wildman–Crippen LogP) is 1.62. The number of benzene rings is 1. The molecule has 1 aromatic carbocycles. The van der Waals surface area contributed by atoms with E-state index in [0.29, 0.717) is 12.1 Å². The standard InChI is InChI=1S/C10H12N2O2S/c1-2-9(14)12-10(15)11-7-4-3-5-8(13)6-7/h3-6,13H,2H2,1H3,(H2,11,12,14,15). The van der Waals surface area contributed by atoms with Crippen LogP contribution in [0.1, 0.15) is 13.3 Å². The van der Waals surface area contributed by atoms with E-state index in [1.54, 1.807) is 25.1 Å². The van der Waals surface area contributed by atoms with Crippen molar-refractivity contribution in [2.45, 2.75) is 13.3 Å². The fourth-order valence-corrected chi connectivity index (χ4v) is 1.19. The third kappa shape index (κ3) is 3.95. The fourth-order valence-electron chi connectivity index (χ4n) is 0.961. The van der Waals surface area contributed by atoms with Crippen LogP contribution in [-0.4, -0.2) is 16.1 Å². The van der Waals surface area contributed by atoms with Gasteiger partial charge in [-0.15, -0.1) is 0 Å². The molecule has 0 fully saturated rings. The Morgan fingerprint density at radius 2 is 2.27 bits per heavy atom. The molecule has 0 bridgehead atoms. The van der Waals surface area contributed by atoms with Crippen LogP contribution in [0.4, 0.5) is 5.69 Å². The lowest BCUT2D eigenvalue weighted by Crippen LogP contribution is -2.33. The average Bonchev–Trinajstić information content (AvgIpc) is 2.17. The Bertz CT molecular complexity index is 379. The number of phenolic OH excluding ortho intramolecular Hbond substituents is 1. The van der Waals surface area contributed by atoms with Gasteiger partial charge < -0.3 is 15.7 Å². The van der Waals surface area contributed by atoms with Crippen molar-refractivity contribution >= 4 is 28.9 Å². The Labute approximate surface area is 93.3 Å². The molecule has 0 radical (unpaired) electrons. The van der Waals surface area contributed by atoms with Crippen molar-refractivity contribution in [3.63, 3.8) is 0 Å². The zero-order valence-corrected chi connectivity index (χ0v) is 9.10. The van der Waals surface area contributed by atoms with E-state index in [1.807, 2.05) is 0 Å². The molecular weight excluding hydrogens is 212 g/mol. The molecule has 0 aliphatic rings. The van der Waals surface area contributed by atoms with Crippen molar-refractivity contribution < 1.29 is 9.90 Å². The third-order valence-corrected chi connectivity index (χ3v) is 1.88. The van der Waals surface area contributed by atoms with Crippen LogP contribution in [0.25, 0.3) is 0 Å². The third-order valence-electron chi connectivity index (χ3n) is 1.68. The van der Waals surface area contributed by atoms with Crippen LogP contribution in [0.3, 0.4) is 0 Å². The molecule has 0 aromatic heterocycles. The molecule has 0 aliphatic carbocycles. The van der Waals surface area contributed by atoms with Gasteiger partial charge in [0.05, 0.1) is 0 Å². The van der Waals surface area contributed by atoms with Gasteiger partial charge in [0.25, 0.3) is 0 Å². The summed E-state index contributed by atoms with van der Waals surface area (Å²) in [5, 5.41) is 14.7. The number of amides is 1.